The van der Waals surface area contributed by atoms with Gasteiger partial charge in [-0.05, 0) is 6.08 Å². The van der Waals surface area contributed by atoms with E-state index in [9.17, 15) is 4.79 Å². The van der Waals surface area contributed by atoms with Crippen LogP contribution >= 0.6 is 0 Å². The molecule has 0 unspecified atom stereocenters. The van der Waals surface area contributed by atoms with Crippen LogP contribution in [0, 0.1) is 0 Å². The Morgan fingerprint density at radius 2 is 2.45 bits per heavy atom. The maximum atomic E-state index is 11.0. The van der Waals surface area contributed by atoms with Crippen molar-refractivity contribution in [1.29, 1.82) is 0 Å². The predicted molar refractivity (Wildman–Crippen MR) is 39.4 cm³/mol. The van der Waals surface area contributed by atoms with Crippen molar-refractivity contribution >= 4 is 6.03 Å². The number of hydrogen-bond donors (Lipinski definition) is 2. The Hall–Kier alpha value is -1.23. The molecule has 62 valence electrons. The zero-order chi connectivity index (χ0) is 8.27. The molecule has 0 aromatic rings. The highest BCUT2D eigenvalue weighted by molar-refractivity contribution is 5.75. The van der Waals surface area contributed by atoms with Crippen LogP contribution in [-0.2, 0) is 4.74 Å². The Labute approximate surface area is 65.0 Å². The van der Waals surface area contributed by atoms with Crippen LogP contribution in [0.3, 0.4) is 0 Å². The molecule has 0 aromatic heterocycles. The van der Waals surface area contributed by atoms with Crippen LogP contribution in [0.4, 0.5) is 4.79 Å². The van der Waals surface area contributed by atoms with Crippen LogP contribution in [0.25, 0.3) is 0 Å². The van der Waals surface area contributed by atoms with Crippen LogP contribution in [0.1, 0.15) is 0 Å². The first kappa shape index (κ1) is 7.87. The molecule has 0 aliphatic carbocycles. The summed E-state index contributed by atoms with van der Waals surface area (Å²) in [6, 6.07) is -0.226. The van der Waals surface area contributed by atoms with E-state index in [1.54, 1.807) is 13.1 Å². The fourth-order valence-electron chi connectivity index (χ4n) is 0.722. The first-order valence-corrected chi connectivity index (χ1v) is 3.26. The Kier molecular flexibility index (Phi) is 2.32. The average Bonchev–Trinajstić information content (AvgIpc) is 2.15. The molecule has 1 aliphatic rings. The highest BCUT2D eigenvalue weighted by Gasteiger charge is 2.12. The van der Waals surface area contributed by atoms with Gasteiger partial charge in [0.05, 0.1) is 7.11 Å². The first-order chi connectivity index (χ1) is 5.24. The molecule has 0 radical (unpaired) electrons. The Morgan fingerprint density at radius 3 is 3.09 bits per heavy atom. The second-order valence-corrected chi connectivity index (χ2v) is 2.12. The summed E-state index contributed by atoms with van der Waals surface area (Å²) in [7, 11) is 3.15. The summed E-state index contributed by atoms with van der Waals surface area (Å²) in [4.78, 5) is 11.0. The van der Waals surface area contributed by atoms with Crippen LogP contribution in [0.2, 0.25) is 0 Å². The Morgan fingerprint density at radius 1 is 1.73 bits per heavy atom. The summed E-state index contributed by atoms with van der Waals surface area (Å²) in [5, 5.41) is 3.91. The van der Waals surface area contributed by atoms with Gasteiger partial charge in [-0.3, -0.25) is 10.3 Å². The van der Waals surface area contributed by atoms with Gasteiger partial charge in [-0.2, -0.15) is 0 Å². The van der Waals surface area contributed by atoms with Crippen LogP contribution in [0.5, 0.6) is 0 Å². The number of nitrogens with zero attached hydrogens (tertiary/aromatic N) is 1. The third-order valence-electron chi connectivity index (χ3n) is 1.37. The maximum absolute atomic E-state index is 11.0. The molecule has 0 atom stereocenters. The van der Waals surface area contributed by atoms with Gasteiger partial charge < -0.3 is 4.74 Å². The molecular formula is C6H11N3O2. The van der Waals surface area contributed by atoms with Gasteiger partial charge >= 0.3 is 6.03 Å². The third-order valence-corrected chi connectivity index (χ3v) is 1.37. The standard InChI is InChI=1S/C6H11N3O2/c1-9-6(10)8-5(11-2)3-4-7-9/h3,7H,4H2,1-2H3,(H,8,10). The van der Waals surface area contributed by atoms with Crippen molar-refractivity contribution in [2.24, 2.45) is 0 Å². The highest BCUT2D eigenvalue weighted by Crippen LogP contribution is 1.94. The zero-order valence-corrected chi connectivity index (χ0v) is 6.55. The molecule has 0 aromatic carbocycles. The summed E-state index contributed by atoms with van der Waals surface area (Å²) in [6.45, 7) is 0.582. The number of carbonyl (C=O) groups is 1. The van der Waals surface area contributed by atoms with Crippen molar-refractivity contribution in [1.82, 2.24) is 15.8 Å². The van der Waals surface area contributed by atoms with E-state index < -0.39 is 0 Å². The minimum absolute atomic E-state index is 0.226. The number of urea groups is 1. The molecule has 2 N–H and O–H groups in total. The lowest BCUT2D eigenvalue weighted by Crippen LogP contribution is -2.43. The monoisotopic (exact) mass is 157 g/mol. The van der Waals surface area contributed by atoms with Gasteiger partial charge in [0.25, 0.3) is 0 Å². The summed E-state index contributed by atoms with van der Waals surface area (Å²) in [5.74, 6) is 0.479. The number of hydrazine groups is 1. The molecular weight excluding hydrogens is 146 g/mol. The Balaban J connectivity index is 2.61. The normalized spacial score (nSPS) is 18.5. The number of rotatable bonds is 1. The predicted octanol–water partition coefficient (Wildman–Crippen LogP) is -0.366. The largest absolute Gasteiger partial charge is 0.482 e. The van der Waals surface area contributed by atoms with Gasteiger partial charge in [0.2, 0.25) is 0 Å². The molecule has 2 amide bonds. The van der Waals surface area contributed by atoms with Gasteiger partial charge in [0.15, 0.2) is 5.88 Å². The van der Waals surface area contributed by atoms with Gasteiger partial charge in [-0.15, -0.1) is 0 Å². The molecule has 0 saturated carbocycles. The summed E-state index contributed by atoms with van der Waals surface area (Å²) >= 11 is 0. The third kappa shape index (κ3) is 1.84. The van der Waals surface area contributed by atoms with E-state index in [-0.39, 0.29) is 6.03 Å². The lowest BCUT2D eigenvalue weighted by molar-refractivity contribution is 0.186. The number of nitrogens with one attached hydrogen (secondary N) is 2. The topological polar surface area (TPSA) is 53.6 Å². The summed E-state index contributed by atoms with van der Waals surface area (Å²) in [6.07, 6.45) is 1.75. The number of hydrogen-bond acceptors (Lipinski definition) is 3. The lowest BCUT2D eigenvalue weighted by atomic mass is 10.6. The van der Waals surface area contributed by atoms with Crippen molar-refractivity contribution in [2.75, 3.05) is 20.7 Å². The SMILES string of the molecule is COC1=CCNN(C)C(=O)N1. The van der Waals surface area contributed by atoms with Crippen molar-refractivity contribution < 1.29 is 9.53 Å². The smallest absolute Gasteiger partial charge is 0.338 e. The van der Waals surface area contributed by atoms with Crippen LogP contribution in [-0.4, -0.2) is 31.7 Å². The molecule has 1 aliphatic heterocycles. The number of carbonyl (C=O) groups excluding carboxylic acids is 1. The van der Waals surface area contributed by atoms with Crippen LogP contribution < -0.4 is 10.7 Å². The van der Waals surface area contributed by atoms with Crippen molar-refractivity contribution in [3.05, 3.63) is 12.0 Å². The molecule has 1 heterocycles. The molecule has 0 fully saturated rings. The van der Waals surface area contributed by atoms with Crippen molar-refractivity contribution in [3.8, 4) is 0 Å². The van der Waals surface area contributed by atoms with E-state index in [0.29, 0.717) is 12.4 Å². The number of methoxy groups -OCH3 is 1. The quantitative estimate of drug-likeness (QED) is 0.546. The van der Waals surface area contributed by atoms with Gasteiger partial charge in [0, 0.05) is 13.6 Å². The van der Waals surface area contributed by atoms with E-state index >= 15 is 0 Å². The molecule has 11 heavy (non-hydrogen) atoms. The second-order valence-electron chi connectivity index (χ2n) is 2.12. The molecule has 5 heteroatoms. The highest BCUT2D eigenvalue weighted by atomic mass is 16.5. The second kappa shape index (κ2) is 3.25. The van der Waals surface area contributed by atoms with E-state index in [0.717, 1.165) is 0 Å². The maximum Gasteiger partial charge on any atom is 0.338 e. The Bertz CT molecular complexity index is 190. The fraction of sp³-hybridized carbons (Fsp3) is 0.500. The van der Waals surface area contributed by atoms with Gasteiger partial charge in [-0.1, -0.05) is 0 Å². The van der Waals surface area contributed by atoms with Crippen molar-refractivity contribution in [3.63, 3.8) is 0 Å². The van der Waals surface area contributed by atoms with E-state index in [1.165, 1.54) is 12.1 Å². The zero-order valence-electron chi connectivity index (χ0n) is 6.55. The van der Waals surface area contributed by atoms with E-state index in [1.807, 2.05) is 0 Å². The molecule has 0 spiro atoms. The lowest BCUT2D eigenvalue weighted by Gasteiger charge is -2.14. The summed E-state index contributed by atoms with van der Waals surface area (Å²) in [5.41, 5.74) is 2.82. The minimum Gasteiger partial charge on any atom is -0.482 e. The molecule has 0 saturated heterocycles. The molecule has 5 nitrogen and oxygen atoms in total. The number of ether oxygens (including phenoxy) is 1. The first-order valence-electron chi connectivity index (χ1n) is 3.26. The van der Waals surface area contributed by atoms with E-state index in [2.05, 4.69) is 10.7 Å². The molecule has 0 bridgehead atoms. The van der Waals surface area contributed by atoms with Crippen molar-refractivity contribution in [2.45, 2.75) is 0 Å². The van der Waals surface area contributed by atoms with Gasteiger partial charge in [0.1, 0.15) is 0 Å². The van der Waals surface area contributed by atoms with Crippen LogP contribution in [0.15, 0.2) is 12.0 Å². The molecule has 1 rings (SSSR count). The minimum atomic E-state index is -0.226. The van der Waals surface area contributed by atoms with E-state index in [4.69, 9.17) is 4.74 Å². The fourth-order valence-corrected chi connectivity index (χ4v) is 0.722. The number of amides is 2. The summed E-state index contributed by atoms with van der Waals surface area (Å²) < 4.78 is 4.85. The average molecular weight is 157 g/mol. The van der Waals surface area contributed by atoms with Gasteiger partial charge in [-0.25, -0.2) is 10.2 Å².